The quantitative estimate of drug-likeness (QED) is 0.783. The van der Waals surface area contributed by atoms with Gasteiger partial charge >= 0.3 is 0 Å². The molecular weight excluding hydrogens is 384 g/mol. The molecule has 0 heterocycles. The molecule has 23 heavy (non-hydrogen) atoms. The molecule has 0 radical (unpaired) electrons. The Morgan fingerprint density at radius 3 is 2.17 bits per heavy atom. The SMILES string of the molecule is COCC(=O)Nc1ccc(NS(=O)(=O)c2ccc(Br)cc2)cc1. The second kappa shape index (κ2) is 7.58. The van der Waals surface area contributed by atoms with E-state index in [1.165, 1.54) is 19.2 Å². The van der Waals surface area contributed by atoms with Gasteiger partial charge in [-0.3, -0.25) is 9.52 Å². The summed E-state index contributed by atoms with van der Waals surface area (Å²) in [4.78, 5) is 11.6. The van der Waals surface area contributed by atoms with Gasteiger partial charge in [-0.1, -0.05) is 15.9 Å². The van der Waals surface area contributed by atoms with Gasteiger partial charge in [0.05, 0.1) is 4.90 Å². The summed E-state index contributed by atoms with van der Waals surface area (Å²) < 4.78 is 32.5. The van der Waals surface area contributed by atoms with Gasteiger partial charge < -0.3 is 10.1 Å². The number of sulfonamides is 1. The number of hydrogen-bond donors (Lipinski definition) is 2. The highest BCUT2D eigenvalue weighted by atomic mass is 79.9. The number of halogens is 1. The van der Waals surface area contributed by atoms with E-state index in [1.54, 1.807) is 36.4 Å². The Bertz CT molecular complexity index is 774. The van der Waals surface area contributed by atoms with Crippen molar-refractivity contribution in [1.82, 2.24) is 0 Å². The molecule has 0 aliphatic heterocycles. The summed E-state index contributed by atoms with van der Waals surface area (Å²) >= 11 is 3.26. The number of ether oxygens (including phenoxy) is 1. The smallest absolute Gasteiger partial charge is 0.261 e. The molecule has 0 saturated carbocycles. The van der Waals surface area contributed by atoms with Crippen LogP contribution in [0.4, 0.5) is 11.4 Å². The van der Waals surface area contributed by atoms with Crippen molar-refractivity contribution in [2.45, 2.75) is 4.90 Å². The number of carbonyl (C=O) groups is 1. The highest BCUT2D eigenvalue weighted by Crippen LogP contribution is 2.20. The van der Waals surface area contributed by atoms with Crippen LogP contribution in [0.25, 0.3) is 0 Å². The van der Waals surface area contributed by atoms with Crippen LogP contribution in [0.15, 0.2) is 57.9 Å². The fourth-order valence-corrected chi connectivity index (χ4v) is 3.10. The zero-order chi connectivity index (χ0) is 16.9. The van der Waals surface area contributed by atoms with Crippen molar-refractivity contribution >= 4 is 43.2 Å². The molecule has 1 amide bonds. The lowest BCUT2D eigenvalue weighted by Crippen LogP contribution is -2.17. The molecule has 0 aromatic heterocycles. The maximum Gasteiger partial charge on any atom is 0.261 e. The van der Waals surface area contributed by atoms with Crippen molar-refractivity contribution in [3.8, 4) is 0 Å². The fourth-order valence-electron chi connectivity index (χ4n) is 1.78. The minimum Gasteiger partial charge on any atom is -0.375 e. The van der Waals surface area contributed by atoms with Crippen LogP contribution < -0.4 is 10.0 Å². The molecule has 0 saturated heterocycles. The van der Waals surface area contributed by atoms with Crippen LogP contribution in [0.5, 0.6) is 0 Å². The van der Waals surface area contributed by atoms with E-state index in [1.807, 2.05) is 0 Å². The molecule has 0 fully saturated rings. The normalized spacial score (nSPS) is 11.0. The molecular formula is C15H15BrN2O4S. The number of amides is 1. The van der Waals surface area contributed by atoms with Crippen molar-refractivity contribution in [1.29, 1.82) is 0 Å². The third-order valence-electron chi connectivity index (χ3n) is 2.82. The van der Waals surface area contributed by atoms with E-state index in [2.05, 4.69) is 26.0 Å². The number of hydrogen-bond acceptors (Lipinski definition) is 4. The first-order valence-corrected chi connectivity index (χ1v) is 8.85. The van der Waals surface area contributed by atoms with Crippen LogP contribution in [0.2, 0.25) is 0 Å². The first kappa shape index (κ1) is 17.5. The monoisotopic (exact) mass is 398 g/mol. The third kappa shape index (κ3) is 5.05. The standard InChI is InChI=1S/C15H15BrN2O4S/c1-22-10-15(19)17-12-4-6-13(7-5-12)18-23(20,21)14-8-2-11(16)3-9-14/h2-9,18H,10H2,1H3,(H,17,19). The maximum absolute atomic E-state index is 12.2. The Kier molecular flexibility index (Phi) is 5.75. The largest absolute Gasteiger partial charge is 0.375 e. The van der Waals surface area contributed by atoms with Gasteiger partial charge in [-0.15, -0.1) is 0 Å². The summed E-state index contributed by atoms with van der Waals surface area (Å²) in [5, 5.41) is 2.62. The van der Waals surface area contributed by atoms with Gasteiger partial charge in [-0.25, -0.2) is 8.42 Å². The van der Waals surface area contributed by atoms with Crippen molar-refractivity contribution in [2.75, 3.05) is 23.8 Å². The van der Waals surface area contributed by atoms with Gasteiger partial charge in [-0.05, 0) is 48.5 Å². The molecule has 0 aliphatic rings. The molecule has 122 valence electrons. The van der Waals surface area contributed by atoms with Crippen molar-refractivity contribution in [3.05, 3.63) is 53.0 Å². The Labute approximate surface area is 143 Å². The number of nitrogens with one attached hydrogen (secondary N) is 2. The Hall–Kier alpha value is -1.90. The van der Waals surface area contributed by atoms with Gasteiger partial charge in [-0.2, -0.15) is 0 Å². The summed E-state index contributed by atoms with van der Waals surface area (Å²) in [5.74, 6) is -0.282. The predicted molar refractivity (Wildman–Crippen MR) is 91.9 cm³/mol. The third-order valence-corrected chi connectivity index (χ3v) is 4.75. The van der Waals surface area contributed by atoms with Crippen LogP contribution in [-0.2, 0) is 19.6 Å². The highest BCUT2D eigenvalue weighted by molar-refractivity contribution is 9.10. The first-order valence-electron chi connectivity index (χ1n) is 6.58. The number of benzene rings is 2. The van der Waals surface area contributed by atoms with Crippen molar-refractivity contribution < 1.29 is 17.9 Å². The van der Waals surface area contributed by atoms with Crippen LogP contribution in [0.3, 0.4) is 0 Å². The summed E-state index contributed by atoms with van der Waals surface area (Å²) in [6.07, 6.45) is 0. The van der Waals surface area contributed by atoms with Crippen LogP contribution in [0.1, 0.15) is 0 Å². The van der Waals surface area contributed by atoms with Crippen LogP contribution in [-0.4, -0.2) is 28.0 Å². The second-order valence-corrected chi connectivity index (χ2v) is 7.22. The average Bonchev–Trinajstić information content (AvgIpc) is 2.50. The number of methoxy groups -OCH3 is 1. The number of rotatable bonds is 6. The molecule has 0 bridgehead atoms. The van der Waals surface area contributed by atoms with Gasteiger partial charge in [0, 0.05) is 23.0 Å². The van der Waals surface area contributed by atoms with Crippen LogP contribution in [0, 0.1) is 0 Å². The average molecular weight is 399 g/mol. The molecule has 8 heteroatoms. The molecule has 6 nitrogen and oxygen atoms in total. The lowest BCUT2D eigenvalue weighted by atomic mass is 10.3. The minimum absolute atomic E-state index is 0.0437. The van der Waals surface area contributed by atoms with Gasteiger partial charge in [0.25, 0.3) is 10.0 Å². The number of anilines is 2. The summed E-state index contributed by atoms with van der Waals surface area (Å²) in [6, 6.07) is 12.7. The van der Waals surface area contributed by atoms with Crippen molar-refractivity contribution in [3.63, 3.8) is 0 Å². The number of carbonyl (C=O) groups excluding carboxylic acids is 1. The molecule has 2 aromatic rings. The lowest BCUT2D eigenvalue weighted by Gasteiger charge is -2.09. The van der Waals surface area contributed by atoms with E-state index >= 15 is 0 Å². The lowest BCUT2D eigenvalue weighted by molar-refractivity contribution is -0.119. The van der Waals surface area contributed by atoms with E-state index in [4.69, 9.17) is 4.74 Å². The van der Waals surface area contributed by atoms with Gasteiger partial charge in [0.2, 0.25) is 5.91 Å². The molecule has 0 unspecified atom stereocenters. The molecule has 0 aliphatic carbocycles. The highest BCUT2D eigenvalue weighted by Gasteiger charge is 2.13. The molecule has 0 spiro atoms. The summed E-state index contributed by atoms with van der Waals surface area (Å²) in [7, 11) is -2.22. The van der Waals surface area contributed by atoms with E-state index in [0.29, 0.717) is 11.4 Å². The maximum atomic E-state index is 12.2. The van der Waals surface area contributed by atoms with Gasteiger partial charge in [0.15, 0.2) is 0 Å². The van der Waals surface area contributed by atoms with E-state index < -0.39 is 10.0 Å². The topological polar surface area (TPSA) is 84.5 Å². The van der Waals surface area contributed by atoms with Crippen molar-refractivity contribution in [2.24, 2.45) is 0 Å². The first-order chi connectivity index (χ1) is 10.9. The van der Waals surface area contributed by atoms with Crippen LogP contribution >= 0.6 is 15.9 Å². The molecule has 2 N–H and O–H groups in total. The van der Waals surface area contributed by atoms with Gasteiger partial charge in [0.1, 0.15) is 6.61 Å². The molecule has 2 rings (SSSR count). The van der Waals surface area contributed by atoms with E-state index in [9.17, 15) is 13.2 Å². The Balaban J connectivity index is 2.08. The minimum atomic E-state index is -3.65. The summed E-state index contributed by atoms with van der Waals surface area (Å²) in [6.45, 7) is -0.0437. The zero-order valence-corrected chi connectivity index (χ0v) is 14.6. The van der Waals surface area contributed by atoms with E-state index in [-0.39, 0.29) is 17.4 Å². The Morgan fingerprint density at radius 2 is 1.61 bits per heavy atom. The predicted octanol–water partition coefficient (Wildman–Crippen LogP) is 2.83. The Morgan fingerprint density at radius 1 is 1.04 bits per heavy atom. The fraction of sp³-hybridized carbons (Fsp3) is 0.133. The summed E-state index contributed by atoms with van der Waals surface area (Å²) in [5.41, 5.74) is 0.955. The van der Waals surface area contributed by atoms with E-state index in [0.717, 1.165) is 4.47 Å². The zero-order valence-electron chi connectivity index (χ0n) is 12.2. The molecule has 2 aromatic carbocycles. The second-order valence-electron chi connectivity index (χ2n) is 4.62. The molecule has 0 atom stereocenters.